The first-order chi connectivity index (χ1) is 12.8. The van der Waals surface area contributed by atoms with Crippen LogP contribution in [0.15, 0.2) is 22.7 Å². The number of benzene rings is 1. The van der Waals surface area contributed by atoms with Gasteiger partial charge in [0.25, 0.3) is 5.69 Å². The van der Waals surface area contributed by atoms with E-state index in [0.717, 1.165) is 43.6 Å². The zero-order chi connectivity index (χ0) is 21.2. The number of piperidine rings is 1. The zero-order valence-corrected chi connectivity index (χ0v) is 20.6. The number of hydrogen-bond acceptors (Lipinski definition) is 5. The van der Waals surface area contributed by atoms with Crippen molar-refractivity contribution >= 4 is 35.6 Å². The molecule has 28 heavy (non-hydrogen) atoms. The summed E-state index contributed by atoms with van der Waals surface area (Å²) in [5.41, 5.74) is 0.477. The maximum atomic E-state index is 11.4. The third kappa shape index (κ3) is 6.02. The first-order valence-electron chi connectivity index (χ1n) is 9.91. The van der Waals surface area contributed by atoms with Gasteiger partial charge in [0, 0.05) is 35.8 Å². The smallest absolute Gasteiger partial charge is 0.292 e. The molecule has 1 aromatic rings. The van der Waals surface area contributed by atoms with Crippen LogP contribution >= 0.6 is 15.9 Å². The van der Waals surface area contributed by atoms with Gasteiger partial charge in [0.1, 0.15) is 5.69 Å². The highest BCUT2D eigenvalue weighted by atomic mass is 79.9. The second kappa shape index (κ2) is 8.81. The number of nitro benzene ring substituents is 1. The lowest BCUT2D eigenvalue weighted by Gasteiger charge is -2.42. The highest BCUT2D eigenvalue weighted by Crippen LogP contribution is 2.37. The Bertz CT molecular complexity index is 708. The van der Waals surface area contributed by atoms with Crippen LogP contribution in [-0.2, 0) is 4.43 Å². The van der Waals surface area contributed by atoms with E-state index in [2.05, 4.69) is 66.9 Å². The van der Waals surface area contributed by atoms with E-state index in [9.17, 15) is 10.1 Å². The first-order valence-corrected chi connectivity index (χ1v) is 13.6. The second-order valence-corrected chi connectivity index (χ2v) is 15.3. The number of likely N-dealkylation sites (tertiary alicyclic amines) is 1. The zero-order valence-electron chi connectivity index (χ0n) is 18.0. The van der Waals surface area contributed by atoms with Crippen LogP contribution in [-0.4, -0.2) is 49.9 Å². The average Bonchev–Trinajstić information content (AvgIpc) is 2.53. The van der Waals surface area contributed by atoms with Crippen molar-refractivity contribution in [3.8, 4) is 0 Å². The molecule has 158 valence electrons. The molecule has 0 aromatic heterocycles. The molecule has 1 saturated heterocycles. The number of nitro groups is 1. The van der Waals surface area contributed by atoms with Gasteiger partial charge in [-0.1, -0.05) is 36.7 Å². The lowest BCUT2D eigenvalue weighted by Crippen LogP contribution is -2.52. The molecule has 0 amide bonds. The summed E-state index contributed by atoms with van der Waals surface area (Å²) in [6.45, 7) is 17.0. The van der Waals surface area contributed by atoms with Gasteiger partial charge in [-0.05, 0) is 56.6 Å². The SMILES string of the molecule is CC1(Nc2cc(Br)ccc2[N+](=O)[O-])CCCN(CCO[Si](C)(C)C(C)(C)C)C1. The molecule has 0 spiro atoms. The van der Waals surface area contributed by atoms with Gasteiger partial charge in [-0.15, -0.1) is 0 Å². The molecular formula is C20H34BrN3O3Si. The Hall–Kier alpha value is -0.963. The maximum Gasteiger partial charge on any atom is 0.292 e. The summed E-state index contributed by atoms with van der Waals surface area (Å²) < 4.78 is 7.16. The molecule has 0 bridgehead atoms. The summed E-state index contributed by atoms with van der Waals surface area (Å²) in [5, 5.41) is 15.1. The van der Waals surface area contributed by atoms with Gasteiger partial charge in [-0.25, -0.2) is 0 Å². The Labute approximate surface area is 178 Å². The van der Waals surface area contributed by atoms with Crippen LogP contribution < -0.4 is 5.32 Å². The van der Waals surface area contributed by atoms with Crippen molar-refractivity contribution in [2.24, 2.45) is 0 Å². The summed E-state index contributed by atoms with van der Waals surface area (Å²) >= 11 is 3.42. The van der Waals surface area contributed by atoms with Crippen molar-refractivity contribution < 1.29 is 9.35 Å². The normalized spacial score (nSPS) is 21.5. The molecule has 6 nitrogen and oxygen atoms in total. The summed E-state index contributed by atoms with van der Waals surface area (Å²) in [6.07, 6.45) is 2.04. The number of hydrogen-bond donors (Lipinski definition) is 1. The van der Waals surface area contributed by atoms with Crippen LogP contribution in [0.4, 0.5) is 11.4 Å². The standard InChI is InChI=1S/C20H34BrN3O3Si/c1-19(2,3)28(5,6)27-13-12-23-11-7-10-20(4,15-23)22-17-14-16(21)8-9-18(17)24(25)26/h8-9,14,22H,7,10-13,15H2,1-6H3. The average molecular weight is 473 g/mol. The van der Waals surface area contributed by atoms with Crippen LogP contribution in [0.25, 0.3) is 0 Å². The lowest BCUT2D eigenvalue weighted by atomic mass is 9.90. The largest absolute Gasteiger partial charge is 0.416 e. The molecule has 0 radical (unpaired) electrons. The van der Waals surface area contributed by atoms with Crippen molar-refractivity contribution in [1.82, 2.24) is 4.90 Å². The van der Waals surface area contributed by atoms with Gasteiger partial charge in [0.15, 0.2) is 8.32 Å². The van der Waals surface area contributed by atoms with Crippen molar-refractivity contribution in [3.05, 3.63) is 32.8 Å². The van der Waals surface area contributed by atoms with Gasteiger partial charge in [-0.3, -0.25) is 15.0 Å². The molecule has 1 heterocycles. The molecule has 1 aromatic carbocycles. The fourth-order valence-electron chi connectivity index (χ4n) is 3.38. The molecular weight excluding hydrogens is 438 g/mol. The minimum Gasteiger partial charge on any atom is -0.416 e. The summed E-state index contributed by atoms with van der Waals surface area (Å²) in [7, 11) is -1.73. The quantitative estimate of drug-likeness (QED) is 0.316. The van der Waals surface area contributed by atoms with Gasteiger partial charge < -0.3 is 9.74 Å². The fraction of sp³-hybridized carbons (Fsp3) is 0.700. The van der Waals surface area contributed by atoms with Gasteiger partial charge in [0.2, 0.25) is 0 Å². The lowest BCUT2D eigenvalue weighted by molar-refractivity contribution is -0.384. The molecule has 8 heteroatoms. The minimum atomic E-state index is -1.73. The van der Waals surface area contributed by atoms with E-state index in [1.807, 2.05) is 0 Å². The monoisotopic (exact) mass is 471 g/mol. The van der Waals surface area contributed by atoms with E-state index in [-0.39, 0.29) is 21.2 Å². The maximum absolute atomic E-state index is 11.4. The van der Waals surface area contributed by atoms with Crippen molar-refractivity contribution in [3.63, 3.8) is 0 Å². The summed E-state index contributed by atoms with van der Waals surface area (Å²) in [5.74, 6) is 0. The Kier molecular flexibility index (Phi) is 7.34. The predicted octanol–water partition coefficient (Wildman–Crippen LogP) is 5.65. The van der Waals surface area contributed by atoms with E-state index in [4.69, 9.17) is 4.43 Å². The van der Waals surface area contributed by atoms with Crippen molar-refractivity contribution in [1.29, 1.82) is 0 Å². The van der Waals surface area contributed by atoms with E-state index >= 15 is 0 Å². The molecule has 1 aliphatic heterocycles. The summed E-state index contributed by atoms with van der Waals surface area (Å²) in [6, 6.07) is 5.04. The highest BCUT2D eigenvalue weighted by Gasteiger charge is 2.37. The van der Waals surface area contributed by atoms with E-state index in [1.165, 1.54) is 0 Å². The molecule has 1 fully saturated rings. The van der Waals surface area contributed by atoms with E-state index in [0.29, 0.717) is 5.69 Å². The molecule has 0 aliphatic carbocycles. The Balaban J connectivity index is 2.00. The molecule has 1 unspecified atom stereocenters. The Morgan fingerprint density at radius 1 is 1.39 bits per heavy atom. The van der Waals surface area contributed by atoms with Gasteiger partial charge >= 0.3 is 0 Å². The second-order valence-electron chi connectivity index (χ2n) is 9.59. The molecule has 2 rings (SSSR count). The highest BCUT2D eigenvalue weighted by molar-refractivity contribution is 9.10. The van der Waals surface area contributed by atoms with Crippen molar-refractivity contribution in [2.45, 2.75) is 64.2 Å². The molecule has 0 saturated carbocycles. The number of anilines is 1. The fourth-order valence-corrected chi connectivity index (χ4v) is 4.77. The van der Waals surface area contributed by atoms with Crippen LogP contribution in [0.5, 0.6) is 0 Å². The Morgan fingerprint density at radius 3 is 2.68 bits per heavy atom. The topological polar surface area (TPSA) is 67.6 Å². The van der Waals surface area contributed by atoms with E-state index < -0.39 is 8.32 Å². The third-order valence-electron chi connectivity index (χ3n) is 6.04. The third-order valence-corrected chi connectivity index (χ3v) is 11.1. The molecule has 1 atom stereocenters. The van der Waals surface area contributed by atoms with Gasteiger partial charge in [-0.2, -0.15) is 0 Å². The molecule has 1 aliphatic rings. The number of rotatable bonds is 7. The number of nitrogens with one attached hydrogen (secondary N) is 1. The predicted molar refractivity (Wildman–Crippen MR) is 122 cm³/mol. The summed E-state index contributed by atoms with van der Waals surface area (Å²) in [4.78, 5) is 13.5. The number of halogens is 1. The number of nitrogens with zero attached hydrogens (tertiary/aromatic N) is 2. The van der Waals surface area contributed by atoms with Crippen molar-refractivity contribution in [2.75, 3.05) is 31.6 Å². The molecule has 1 N–H and O–H groups in total. The first kappa shape index (κ1) is 23.3. The van der Waals surface area contributed by atoms with Crippen LogP contribution in [0, 0.1) is 10.1 Å². The minimum absolute atomic E-state index is 0.114. The van der Waals surface area contributed by atoms with Crippen LogP contribution in [0.1, 0.15) is 40.5 Å². The Morgan fingerprint density at radius 2 is 2.07 bits per heavy atom. The van der Waals surface area contributed by atoms with Crippen LogP contribution in [0.2, 0.25) is 18.1 Å². The van der Waals surface area contributed by atoms with Gasteiger partial charge in [0.05, 0.1) is 4.92 Å². The van der Waals surface area contributed by atoms with E-state index in [1.54, 1.807) is 18.2 Å². The van der Waals surface area contributed by atoms with Crippen LogP contribution in [0.3, 0.4) is 0 Å².